The van der Waals surface area contributed by atoms with Crippen molar-refractivity contribution < 1.29 is 14.3 Å². The van der Waals surface area contributed by atoms with E-state index in [4.69, 9.17) is 4.74 Å². The molecule has 2 atom stereocenters. The molecule has 2 aromatic carbocycles. The predicted octanol–water partition coefficient (Wildman–Crippen LogP) is 6.95. The first-order valence-electron chi connectivity index (χ1n) is 14.4. The third-order valence-corrected chi connectivity index (χ3v) is 8.19. The Morgan fingerprint density at radius 2 is 1.36 bits per heavy atom. The minimum atomic E-state index is -0.962. The highest BCUT2D eigenvalue weighted by Gasteiger charge is 2.60. The molecular weight excluding hydrogens is 486 g/mol. The molecule has 3 amide bonds. The third kappa shape index (κ3) is 5.39. The Morgan fingerprint density at radius 3 is 1.74 bits per heavy atom. The van der Waals surface area contributed by atoms with E-state index in [2.05, 4.69) is 95.4 Å². The molecule has 0 radical (unpaired) electrons. The number of nitrogens with zero attached hydrogens (tertiary/aromatic N) is 2. The molecule has 0 aliphatic carbocycles. The van der Waals surface area contributed by atoms with Crippen LogP contribution in [0.15, 0.2) is 48.5 Å². The number of carbonyl (C=O) groups excluding carboxylic acids is 2. The number of carbonyl (C=O) groups is 2. The number of amides is 3. The second-order valence-electron chi connectivity index (χ2n) is 13.9. The summed E-state index contributed by atoms with van der Waals surface area (Å²) in [6.45, 7) is 21.6. The van der Waals surface area contributed by atoms with Crippen LogP contribution < -0.4 is 5.32 Å². The molecule has 39 heavy (non-hydrogen) atoms. The lowest BCUT2D eigenvalue weighted by Crippen LogP contribution is -2.52. The molecule has 2 fully saturated rings. The number of urea groups is 1. The molecular formula is C33H47N3O3. The molecule has 0 aromatic heterocycles. The largest absolute Gasteiger partial charge is 0.431 e. The van der Waals surface area contributed by atoms with Gasteiger partial charge >= 0.3 is 12.1 Å². The molecule has 6 heteroatoms. The van der Waals surface area contributed by atoms with E-state index in [1.165, 1.54) is 11.1 Å². The maximum absolute atomic E-state index is 13.5. The van der Waals surface area contributed by atoms with Gasteiger partial charge in [-0.05, 0) is 56.1 Å². The Kier molecular flexibility index (Phi) is 7.57. The van der Waals surface area contributed by atoms with Gasteiger partial charge in [0.25, 0.3) is 0 Å². The van der Waals surface area contributed by atoms with E-state index in [1.807, 2.05) is 37.5 Å². The number of rotatable bonds is 5. The minimum absolute atomic E-state index is 0.00339. The smallest absolute Gasteiger partial charge is 0.411 e. The lowest BCUT2D eigenvalue weighted by molar-refractivity contribution is 0.0605. The molecule has 0 unspecified atom stereocenters. The van der Waals surface area contributed by atoms with Crippen LogP contribution in [0.3, 0.4) is 0 Å². The average Bonchev–Trinajstić information content (AvgIpc) is 3.36. The highest BCUT2D eigenvalue weighted by Crippen LogP contribution is 2.50. The zero-order chi connectivity index (χ0) is 28.9. The van der Waals surface area contributed by atoms with Crippen LogP contribution >= 0.6 is 0 Å². The summed E-state index contributed by atoms with van der Waals surface area (Å²) < 4.78 is 6.42. The van der Waals surface area contributed by atoms with Crippen LogP contribution in [0.5, 0.6) is 0 Å². The van der Waals surface area contributed by atoms with Crippen molar-refractivity contribution in [1.82, 2.24) is 15.1 Å². The van der Waals surface area contributed by atoms with E-state index in [9.17, 15) is 9.59 Å². The van der Waals surface area contributed by atoms with Crippen molar-refractivity contribution in [2.75, 3.05) is 6.54 Å². The van der Waals surface area contributed by atoms with E-state index < -0.39 is 5.60 Å². The first kappa shape index (κ1) is 29.0. The van der Waals surface area contributed by atoms with Crippen molar-refractivity contribution in [2.24, 2.45) is 0 Å². The van der Waals surface area contributed by atoms with Gasteiger partial charge in [0.05, 0.1) is 12.1 Å². The zero-order valence-corrected chi connectivity index (χ0v) is 25.5. The summed E-state index contributed by atoms with van der Waals surface area (Å²) in [5.74, 6) is 0. The molecule has 212 valence electrons. The van der Waals surface area contributed by atoms with Crippen molar-refractivity contribution in [3.8, 4) is 0 Å². The first-order valence-corrected chi connectivity index (χ1v) is 14.4. The highest BCUT2D eigenvalue weighted by atomic mass is 16.6. The third-order valence-electron chi connectivity index (χ3n) is 8.19. The summed E-state index contributed by atoms with van der Waals surface area (Å²) in [7, 11) is 0. The summed E-state index contributed by atoms with van der Waals surface area (Å²) in [4.78, 5) is 30.5. The van der Waals surface area contributed by atoms with E-state index >= 15 is 0 Å². The van der Waals surface area contributed by atoms with Gasteiger partial charge in [-0.1, -0.05) is 90.1 Å². The number of nitrogens with one attached hydrogen (secondary N) is 1. The molecule has 6 nitrogen and oxygen atoms in total. The van der Waals surface area contributed by atoms with Crippen LogP contribution in [0.1, 0.15) is 97.9 Å². The number of fused-ring (bicyclic) bond motifs is 1. The molecule has 2 aliphatic heterocycles. The average molecular weight is 534 g/mol. The lowest BCUT2D eigenvalue weighted by atomic mass is 9.76. The molecule has 4 rings (SSSR count). The fourth-order valence-electron chi connectivity index (χ4n) is 6.12. The van der Waals surface area contributed by atoms with Gasteiger partial charge in [0, 0.05) is 29.8 Å². The van der Waals surface area contributed by atoms with Crippen LogP contribution in [0.2, 0.25) is 0 Å². The number of hydrogen-bond donors (Lipinski definition) is 1. The van der Waals surface area contributed by atoms with Crippen molar-refractivity contribution in [1.29, 1.82) is 0 Å². The summed E-state index contributed by atoms with van der Waals surface area (Å²) in [6.07, 6.45) is 0.313. The van der Waals surface area contributed by atoms with Crippen molar-refractivity contribution in [3.63, 3.8) is 0 Å². The Hall–Kier alpha value is -3.02. The molecule has 1 N–H and O–H groups in total. The molecule has 2 saturated heterocycles. The SMILES string of the molecule is CC(C)NC(=O)N(C(C)C)[C@@H]1C[C@H]2N(C1)C(=O)OC2(c1ccc(C(C)(C)C)cc1)c1ccc(C(C)(C)C)cc1. The Bertz CT molecular complexity index is 1130. The van der Waals surface area contributed by atoms with Crippen molar-refractivity contribution in [3.05, 3.63) is 70.8 Å². The first-order chi connectivity index (χ1) is 18.1. The van der Waals surface area contributed by atoms with Gasteiger partial charge in [-0.2, -0.15) is 0 Å². The van der Waals surface area contributed by atoms with Gasteiger partial charge in [0.15, 0.2) is 5.60 Å². The maximum atomic E-state index is 13.5. The Labute approximate surface area is 235 Å². The van der Waals surface area contributed by atoms with Gasteiger partial charge in [0.2, 0.25) is 0 Å². The van der Waals surface area contributed by atoms with E-state index in [0.29, 0.717) is 13.0 Å². The number of hydrogen-bond acceptors (Lipinski definition) is 3. The quantitative estimate of drug-likeness (QED) is 0.453. The zero-order valence-electron chi connectivity index (χ0n) is 25.5. The summed E-state index contributed by atoms with van der Waals surface area (Å²) >= 11 is 0. The van der Waals surface area contributed by atoms with Crippen LogP contribution in [-0.2, 0) is 21.2 Å². The highest BCUT2D eigenvalue weighted by molar-refractivity contribution is 5.77. The molecule has 2 aromatic rings. The predicted molar refractivity (Wildman–Crippen MR) is 157 cm³/mol. The normalized spacial score (nSPS) is 20.8. The molecule has 2 heterocycles. The van der Waals surface area contributed by atoms with Crippen LogP contribution in [0, 0.1) is 0 Å². The van der Waals surface area contributed by atoms with Gasteiger partial charge < -0.3 is 15.0 Å². The fourth-order valence-corrected chi connectivity index (χ4v) is 6.12. The van der Waals surface area contributed by atoms with Gasteiger partial charge in [-0.25, -0.2) is 9.59 Å². The summed E-state index contributed by atoms with van der Waals surface area (Å²) in [5, 5.41) is 3.05. The fraction of sp³-hybridized carbons (Fsp3) is 0.576. The molecule has 0 saturated carbocycles. The second-order valence-corrected chi connectivity index (χ2v) is 13.9. The molecule has 2 aliphatic rings. The lowest BCUT2D eigenvalue weighted by Gasteiger charge is -2.36. The second kappa shape index (κ2) is 10.2. The van der Waals surface area contributed by atoms with Gasteiger partial charge in [-0.3, -0.25) is 4.90 Å². The van der Waals surface area contributed by atoms with Gasteiger partial charge in [-0.15, -0.1) is 0 Å². The Morgan fingerprint density at radius 1 is 0.897 bits per heavy atom. The standard InChI is InChI=1S/C33H47N3O3/c1-21(2)34-29(37)36(22(3)4)27-19-28-33(39-30(38)35(28)20-27,25-15-11-23(12-16-25)31(5,6)7)26-17-13-24(14-18-26)32(8,9)10/h11-18,21-22,27-28H,19-20H2,1-10H3,(H,34,37)/t27-,28-/m1/s1. The molecule has 0 spiro atoms. The topological polar surface area (TPSA) is 61.9 Å². The summed E-state index contributed by atoms with van der Waals surface area (Å²) in [5.41, 5.74) is 3.44. The summed E-state index contributed by atoms with van der Waals surface area (Å²) in [6, 6.07) is 16.7. The van der Waals surface area contributed by atoms with Crippen molar-refractivity contribution >= 4 is 12.1 Å². The number of ether oxygens (including phenoxy) is 1. The van der Waals surface area contributed by atoms with E-state index in [-0.39, 0.29) is 47.1 Å². The van der Waals surface area contributed by atoms with Crippen molar-refractivity contribution in [2.45, 2.75) is 116 Å². The van der Waals surface area contributed by atoms with Crippen LogP contribution in [0.4, 0.5) is 9.59 Å². The Balaban J connectivity index is 1.81. The number of benzene rings is 2. The van der Waals surface area contributed by atoms with Crippen LogP contribution in [0.25, 0.3) is 0 Å². The number of cyclic esters (lactones) is 1. The monoisotopic (exact) mass is 533 g/mol. The van der Waals surface area contributed by atoms with E-state index in [1.54, 1.807) is 0 Å². The van der Waals surface area contributed by atoms with Gasteiger partial charge in [0.1, 0.15) is 0 Å². The minimum Gasteiger partial charge on any atom is -0.431 e. The van der Waals surface area contributed by atoms with Crippen LogP contribution in [-0.4, -0.2) is 52.6 Å². The maximum Gasteiger partial charge on any atom is 0.411 e. The molecule has 0 bridgehead atoms. The van der Waals surface area contributed by atoms with E-state index in [0.717, 1.165) is 11.1 Å².